The highest BCUT2D eigenvalue weighted by atomic mass is 16.5. The van der Waals surface area contributed by atoms with Crippen molar-refractivity contribution in [3.05, 3.63) is 23.8 Å². The van der Waals surface area contributed by atoms with Crippen LogP contribution in [0.2, 0.25) is 0 Å². The van der Waals surface area contributed by atoms with Crippen LogP contribution in [0.25, 0.3) is 0 Å². The van der Waals surface area contributed by atoms with E-state index < -0.39 is 0 Å². The maximum atomic E-state index is 11.5. The number of anilines is 1. The van der Waals surface area contributed by atoms with E-state index in [0.29, 0.717) is 6.04 Å². The molecule has 1 aromatic rings. The second kappa shape index (κ2) is 4.40. The van der Waals surface area contributed by atoms with Crippen molar-refractivity contribution in [2.24, 2.45) is 0 Å². The molecular formula is C14H19NO2. The smallest absolute Gasteiger partial charge is 0.318 e. The molecule has 3 nitrogen and oxygen atoms in total. The van der Waals surface area contributed by atoms with E-state index in [9.17, 15) is 4.79 Å². The molecule has 3 heteroatoms. The molecule has 1 aliphatic heterocycles. The summed E-state index contributed by atoms with van der Waals surface area (Å²) in [5.74, 6) is 0.437. The first-order chi connectivity index (χ1) is 8.04. The molecule has 0 aromatic heterocycles. The van der Waals surface area contributed by atoms with Crippen LogP contribution in [0.4, 0.5) is 5.69 Å². The Hall–Kier alpha value is -1.51. The average Bonchev–Trinajstić information content (AvgIpc) is 2.62. The molecule has 1 aromatic carbocycles. The molecule has 0 amide bonds. The minimum Gasteiger partial charge on any atom is -0.426 e. The molecule has 0 saturated carbocycles. The minimum atomic E-state index is -0.150. The lowest BCUT2D eigenvalue weighted by molar-refractivity contribution is -0.133. The Morgan fingerprint density at radius 1 is 1.47 bits per heavy atom. The third-order valence-electron chi connectivity index (χ3n) is 3.69. The molecule has 1 aliphatic rings. The van der Waals surface area contributed by atoms with Crippen LogP contribution in [0.3, 0.4) is 0 Å². The molecule has 0 N–H and O–H groups in total. The second-order valence-electron chi connectivity index (χ2n) is 4.73. The fourth-order valence-electron chi connectivity index (χ4n) is 2.04. The third-order valence-corrected chi connectivity index (χ3v) is 3.69. The molecule has 2 unspecified atom stereocenters. The lowest BCUT2D eigenvalue weighted by Gasteiger charge is -2.26. The van der Waals surface area contributed by atoms with Gasteiger partial charge < -0.3 is 9.64 Å². The first-order valence-electron chi connectivity index (χ1n) is 6.13. The van der Waals surface area contributed by atoms with Gasteiger partial charge in [-0.05, 0) is 26.3 Å². The van der Waals surface area contributed by atoms with E-state index in [2.05, 4.69) is 31.9 Å². The predicted octanol–water partition coefficient (Wildman–Crippen LogP) is 2.94. The number of nitrogens with zero attached hydrogens (tertiary/aromatic N) is 1. The largest absolute Gasteiger partial charge is 0.426 e. The number of rotatable bonds is 3. The van der Waals surface area contributed by atoms with Gasteiger partial charge in [0, 0.05) is 30.4 Å². The zero-order valence-corrected chi connectivity index (χ0v) is 10.9. The molecular weight excluding hydrogens is 214 g/mol. The first kappa shape index (κ1) is 12.0. The van der Waals surface area contributed by atoms with Crippen LogP contribution in [0.5, 0.6) is 5.75 Å². The van der Waals surface area contributed by atoms with Gasteiger partial charge in [-0.3, -0.25) is 4.79 Å². The van der Waals surface area contributed by atoms with E-state index in [4.69, 9.17) is 4.74 Å². The number of carbonyl (C=O) groups is 1. The third kappa shape index (κ3) is 2.02. The Labute approximate surface area is 102 Å². The molecule has 0 bridgehead atoms. The second-order valence-corrected chi connectivity index (χ2v) is 4.73. The Morgan fingerprint density at radius 3 is 2.82 bits per heavy atom. The van der Waals surface area contributed by atoms with Gasteiger partial charge in [0.25, 0.3) is 0 Å². The van der Waals surface area contributed by atoms with Crippen molar-refractivity contribution in [3.63, 3.8) is 0 Å². The number of hydrogen-bond acceptors (Lipinski definition) is 3. The average molecular weight is 233 g/mol. The summed E-state index contributed by atoms with van der Waals surface area (Å²) in [4.78, 5) is 13.7. The van der Waals surface area contributed by atoms with Crippen LogP contribution >= 0.6 is 0 Å². The molecule has 0 spiro atoms. The summed E-state index contributed by atoms with van der Waals surface area (Å²) < 4.78 is 5.26. The molecule has 0 saturated heterocycles. The van der Waals surface area contributed by atoms with Crippen molar-refractivity contribution < 1.29 is 9.53 Å². The van der Waals surface area contributed by atoms with E-state index in [-0.39, 0.29) is 11.9 Å². The Balaban J connectivity index is 2.30. The molecule has 17 heavy (non-hydrogen) atoms. The summed E-state index contributed by atoms with van der Waals surface area (Å²) in [6.45, 7) is 6.23. The van der Waals surface area contributed by atoms with E-state index >= 15 is 0 Å². The standard InChI is InChI=1S/C14H19NO2/c1-5-9(2)15(4)11-6-7-12-10(3)14(16)17-13(12)8-11/h6-10H,5H2,1-4H3. The molecule has 2 atom stereocenters. The highest BCUT2D eigenvalue weighted by molar-refractivity contribution is 5.86. The number of fused-ring (bicyclic) bond motifs is 1. The van der Waals surface area contributed by atoms with Crippen molar-refractivity contribution in [2.45, 2.75) is 39.2 Å². The van der Waals surface area contributed by atoms with Gasteiger partial charge in [0.2, 0.25) is 0 Å². The summed E-state index contributed by atoms with van der Waals surface area (Å²) >= 11 is 0. The van der Waals surface area contributed by atoms with Crippen molar-refractivity contribution in [2.75, 3.05) is 11.9 Å². The highest BCUT2D eigenvalue weighted by Crippen LogP contribution is 2.37. The Morgan fingerprint density at radius 2 is 2.18 bits per heavy atom. The summed E-state index contributed by atoms with van der Waals surface area (Å²) in [7, 11) is 2.07. The van der Waals surface area contributed by atoms with Crippen LogP contribution in [-0.2, 0) is 4.79 Å². The summed E-state index contributed by atoms with van der Waals surface area (Å²) in [5.41, 5.74) is 2.09. The van der Waals surface area contributed by atoms with E-state index in [1.54, 1.807) is 0 Å². The number of carbonyl (C=O) groups excluding carboxylic acids is 1. The summed E-state index contributed by atoms with van der Waals surface area (Å²) in [6.07, 6.45) is 1.09. The maximum absolute atomic E-state index is 11.5. The predicted molar refractivity (Wildman–Crippen MR) is 68.6 cm³/mol. The van der Waals surface area contributed by atoms with Crippen molar-refractivity contribution >= 4 is 11.7 Å². The molecule has 92 valence electrons. The Bertz CT molecular complexity index is 442. The fourth-order valence-corrected chi connectivity index (χ4v) is 2.04. The first-order valence-corrected chi connectivity index (χ1v) is 6.13. The van der Waals surface area contributed by atoms with E-state index in [1.807, 2.05) is 19.1 Å². The van der Waals surface area contributed by atoms with Gasteiger partial charge in [-0.2, -0.15) is 0 Å². The lowest BCUT2D eigenvalue weighted by atomic mass is 10.0. The monoisotopic (exact) mass is 233 g/mol. The fraction of sp³-hybridized carbons (Fsp3) is 0.500. The van der Waals surface area contributed by atoms with Gasteiger partial charge in [-0.25, -0.2) is 0 Å². The van der Waals surface area contributed by atoms with Gasteiger partial charge in [-0.1, -0.05) is 13.0 Å². The highest BCUT2D eigenvalue weighted by Gasteiger charge is 2.29. The quantitative estimate of drug-likeness (QED) is 0.594. The number of benzene rings is 1. The maximum Gasteiger partial charge on any atom is 0.318 e. The Kier molecular flexibility index (Phi) is 3.09. The molecule has 0 radical (unpaired) electrons. The number of esters is 1. The van der Waals surface area contributed by atoms with Crippen LogP contribution in [0.1, 0.15) is 38.7 Å². The number of ether oxygens (including phenoxy) is 1. The topological polar surface area (TPSA) is 29.5 Å². The van der Waals surface area contributed by atoms with Gasteiger partial charge >= 0.3 is 5.97 Å². The van der Waals surface area contributed by atoms with E-state index in [0.717, 1.165) is 23.4 Å². The van der Waals surface area contributed by atoms with E-state index in [1.165, 1.54) is 0 Å². The SMILES string of the molecule is CCC(C)N(C)c1ccc2c(c1)OC(=O)C2C. The molecule has 2 rings (SSSR count). The van der Waals surface area contributed by atoms with Crippen LogP contribution in [0, 0.1) is 0 Å². The zero-order chi connectivity index (χ0) is 12.6. The molecule has 1 heterocycles. The van der Waals surface area contributed by atoms with Gasteiger partial charge in [0.05, 0.1) is 5.92 Å². The van der Waals surface area contributed by atoms with Gasteiger partial charge in [0.15, 0.2) is 0 Å². The van der Waals surface area contributed by atoms with Crippen molar-refractivity contribution in [3.8, 4) is 5.75 Å². The minimum absolute atomic E-state index is 0.132. The van der Waals surface area contributed by atoms with Crippen LogP contribution in [-0.4, -0.2) is 19.1 Å². The van der Waals surface area contributed by atoms with Crippen molar-refractivity contribution in [1.29, 1.82) is 0 Å². The van der Waals surface area contributed by atoms with Gasteiger partial charge in [-0.15, -0.1) is 0 Å². The summed E-state index contributed by atoms with van der Waals surface area (Å²) in [6, 6.07) is 6.49. The molecule has 0 aliphatic carbocycles. The molecule has 0 fully saturated rings. The summed E-state index contributed by atoms with van der Waals surface area (Å²) in [5, 5.41) is 0. The van der Waals surface area contributed by atoms with Gasteiger partial charge in [0.1, 0.15) is 5.75 Å². The van der Waals surface area contributed by atoms with Crippen LogP contribution in [0.15, 0.2) is 18.2 Å². The van der Waals surface area contributed by atoms with Crippen LogP contribution < -0.4 is 9.64 Å². The normalized spacial score (nSPS) is 19.8. The number of hydrogen-bond donors (Lipinski definition) is 0. The van der Waals surface area contributed by atoms with Crippen molar-refractivity contribution in [1.82, 2.24) is 0 Å². The lowest BCUT2D eigenvalue weighted by Crippen LogP contribution is -2.27. The zero-order valence-electron chi connectivity index (χ0n) is 10.9.